The van der Waals surface area contributed by atoms with Gasteiger partial charge in [-0.05, 0) is 44.5 Å². The van der Waals surface area contributed by atoms with Crippen LogP contribution in [0.15, 0.2) is 24.3 Å². The summed E-state index contributed by atoms with van der Waals surface area (Å²) in [4.78, 5) is 13.1. The number of aliphatic carboxylic acids is 1. The summed E-state index contributed by atoms with van der Waals surface area (Å²) in [6.07, 6.45) is 1.50. The standard InChI is InChI=1S/C15H21NO3/c1-12-4-2-3-5-14(12)19-11-10-16-8-6-13(7-9-16)15(17)18/h2-5,13H,6-11H2,1H3,(H,17,18). The number of ether oxygens (including phenoxy) is 1. The van der Waals surface area contributed by atoms with Crippen molar-refractivity contribution in [3.05, 3.63) is 29.8 Å². The Morgan fingerprint density at radius 1 is 1.37 bits per heavy atom. The molecule has 19 heavy (non-hydrogen) atoms. The summed E-state index contributed by atoms with van der Waals surface area (Å²) < 4.78 is 5.76. The van der Waals surface area contributed by atoms with Crippen LogP contribution in [0, 0.1) is 12.8 Å². The molecule has 0 amide bonds. The topological polar surface area (TPSA) is 49.8 Å². The van der Waals surface area contributed by atoms with Gasteiger partial charge in [0.2, 0.25) is 0 Å². The highest BCUT2D eigenvalue weighted by Gasteiger charge is 2.24. The molecule has 2 rings (SSSR count). The number of benzene rings is 1. The monoisotopic (exact) mass is 263 g/mol. The average molecular weight is 263 g/mol. The van der Waals surface area contributed by atoms with Crippen molar-refractivity contribution in [2.75, 3.05) is 26.2 Å². The van der Waals surface area contributed by atoms with Gasteiger partial charge < -0.3 is 9.84 Å². The Labute approximate surface area is 114 Å². The minimum absolute atomic E-state index is 0.159. The maximum absolute atomic E-state index is 10.9. The van der Waals surface area contributed by atoms with E-state index in [-0.39, 0.29) is 5.92 Å². The lowest BCUT2D eigenvalue weighted by Crippen LogP contribution is -2.38. The third-order valence-electron chi connectivity index (χ3n) is 3.70. The van der Waals surface area contributed by atoms with Crippen LogP contribution < -0.4 is 4.74 Å². The summed E-state index contributed by atoms with van der Waals surface area (Å²) >= 11 is 0. The molecule has 4 heteroatoms. The van der Waals surface area contributed by atoms with Crippen molar-refractivity contribution in [3.8, 4) is 5.75 Å². The molecule has 1 aromatic carbocycles. The zero-order chi connectivity index (χ0) is 13.7. The number of nitrogens with zero attached hydrogens (tertiary/aromatic N) is 1. The van der Waals surface area contributed by atoms with Gasteiger partial charge in [-0.25, -0.2) is 0 Å². The van der Waals surface area contributed by atoms with Crippen molar-refractivity contribution in [1.29, 1.82) is 0 Å². The Morgan fingerprint density at radius 2 is 2.05 bits per heavy atom. The van der Waals surface area contributed by atoms with E-state index in [0.29, 0.717) is 6.61 Å². The molecule has 1 aliphatic rings. The molecular weight excluding hydrogens is 242 g/mol. The van der Waals surface area contributed by atoms with Gasteiger partial charge in [-0.15, -0.1) is 0 Å². The van der Waals surface area contributed by atoms with Crippen LogP contribution in [0.5, 0.6) is 5.75 Å². The fourth-order valence-electron chi connectivity index (χ4n) is 2.41. The summed E-state index contributed by atoms with van der Waals surface area (Å²) in [7, 11) is 0. The van der Waals surface area contributed by atoms with Crippen molar-refractivity contribution >= 4 is 5.97 Å². The number of carboxylic acids is 1. The van der Waals surface area contributed by atoms with Crippen molar-refractivity contribution in [2.24, 2.45) is 5.92 Å². The van der Waals surface area contributed by atoms with Gasteiger partial charge in [-0.1, -0.05) is 18.2 Å². The highest BCUT2D eigenvalue weighted by atomic mass is 16.5. The molecule has 1 aromatic rings. The largest absolute Gasteiger partial charge is 0.492 e. The normalized spacial score (nSPS) is 17.3. The summed E-state index contributed by atoms with van der Waals surface area (Å²) in [5.41, 5.74) is 1.15. The van der Waals surface area contributed by atoms with E-state index in [4.69, 9.17) is 9.84 Å². The third-order valence-corrected chi connectivity index (χ3v) is 3.70. The predicted octanol–water partition coefficient (Wildman–Crippen LogP) is 2.17. The highest BCUT2D eigenvalue weighted by Crippen LogP contribution is 2.18. The van der Waals surface area contributed by atoms with Crippen LogP contribution in [0.4, 0.5) is 0 Å². The molecule has 0 spiro atoms. The second-order valence-electron chi connectivity index (χ2n) is 5.07. The minimum Gasteiger partial charge on any atom is -0.492 e. The summed E-state index contributed by atoms with van der Waals surface area (Å²) in [5, 5.41) is 8.94. The number of para-hydroxylation sites is 1. The molecule has 1 N–H and O–H groups in total. The molecule has 0 radical (unpaired) electrons. The van der Waals surface area contributed by atoms with Gasteiger partial charge in [0.1, 0.15) is 12.4 Å². The molecule has 0 atom stereocenters. The van der Waals surface area contributed by atoms with Gasteiger partial charge in [0.05, 0.1) is 5.92 Å². The highest BCUT2D eigenvalue weighted by molar-refractivity contribution is 5.70. The quantitative estimate of drug-likeness (QED) is 0.884. The lowest BCUT2D eigenvalue weighted by Gasteiger charge is -2.29. The maximum Gasteiger partial charge on any atom is 0.306 e. The lowest BCUT2D eigenvalue weighted by molar-refractivity contribution is -0.143. The maximum atomic E-state index is 10.9. The van der Waals surface area contributed by atoms with E-state index in [1.807, 2.05) is 31.2 Å². The number of carbonyl (C=O) groups is 1. The molecule has 0 bridgehead atoms. The van der Waals surface area contributed by atoms with Gasteiger partial charge >= 0.3 is 5.97 Å². The van der Waals surface area contributed by atoms with Crippen LogP contribution in [0.2, 0.25) is 0 Å². The van der Waals surface area contributed by atoms with Crippen LogP contribution in [0.1, 0.15) is 18.4 Å². The molecule has 4 nitrogen and oxygen atoms in total. The van der Waals surface area contributed by atoms with Gasteiger partial charge in [0.15, 0.2) is 0 Å². The lowest BCUT2D eigenvalue weighted by atomic mass is 9.97. The molecule has 0 aliphatic carbocycles. The van der Waals surface area contributed by atoms with Crippen LogP contribution in [-0.2, 0) is 4.79 Å². The average Bonchev–Trinajstić information content (AvgIpc) is 2.41. The molecule has 1 aliphatic heterocycles. The van der Waals surface area contributed by atoms with Crippen molar-refractivity contribution < 1.29 is 14.6 Å². The van der Waals surface area contributed by atoms with Crippen LogP contribution in [0.3, 0.4) is 0 Å². The fraction of sp³-hybridized carbons (Fsp3) is 0.533. The van der Waals surface area contributed by atoms with Crippen LogP contribution in [-0.4, -0.2) is 42.2 Å². The van der Waals surface area contributed by atoms with E-state index in [9.17, 15) is 4.79 Å². The summed E-state index contributed by atoms with van der Waals surface area (Å²) in [5.74, 6) is 0.118. The SMILES string of the molecule is Cc1ccccc1OCCN1CCC(C(=O)O)CC1. The summed E-state index contributed by atoms with van der Waals surface area (Å²) in [6, 6.07) is 7.99. The van der Waals surface area contributed by atoms with E-state index >= 15 is 0 Å². The zero-order valence-electron chi connectivity index (χ0n) is 11.3. The number of hydrogen-bond acceptors (Lipinski definition) is 3. The van der Waals surface area contributed by atoms with Gasteiger partial charge in [0.25, 0.3) is 0 Å². The number of carboxylic acid groups (broad SMARTS) is 1. The fourth-order valence-corrected chi connectivity index (χ4v) is 2.41. The number of hydrogen-bond donors (Lipinski definition) is 1. The van der Waals surface area contributed by atoms with E-state index in [0.717, 1.165) is 43.8 Å². The first-order chi connectivity index (χ1) is 9.16. The number of rotatable bonds is 5. The van der Waals surface area contributed by atoms with Crippen molar-refractivity contribution in [1.82, 2.24) is 4.90 Å². The summed E-state index contributed by atoms with van der Waals surface area (Å²) in [6.45, 7) is 5.26. The Kier molecular flexibility index (Phi) is 4.80. The molecule has 0 aromatic heterocycles. The van der Waals surface area contributed by atoms with Gasteiger partial charge in [-0.2, -0.15) is 0 Å². The van der Waals surface area contributed by atoms with Crippen LogP contribution in [0.25, 0.3) is 0 Å². The zero-order valence-corrected chi connectivity index (χ0v) is 11.3. The number of piperidine rings is 1. The Bertz CT molecular complexity index is 425. The van der Waals surface area contributed by atoms with Crippen molar-refractivity contribution in [3.63, 3.8) is 0 Å². The molecule has 0 unspecified atom stereocenters. The molecule has 0 saturated carbocycles. The molecule has 1 saturated heterocycles. The first kappa shape index (κ1) is 13.9. The second-order valence-corrected chi connectivity index (χ2v) is 5.07. The van der Waals surface area contributed by atoms with Crippen LogP contribution >= 0.6 is 0 Å². The minimum atomic E-state index is -0.657. The first-order valence-electron chi connectivity index (χ1n) is 6.80. The molecule has 104 valence electrons. The van der Waals surface area contributed by atoms with Crippen molar-refractivity contribution in [2.45, 2.75) is 19.8 Å². The van der Waals surface area contributed by atoms with E-state index < -0.39 is 5.97 Å². The van der Waals surface area contributed by atoms with E-state index in [1.54, 1.807) is 0 Å². The Hall–Kier alpha value is -1.55. The number of aryl methyl sites for hydroxylation is 1. The molecular formula is C15H21NO3. The third kappa shape index (κ3) is 3.96. The molecule has 1 heterocycles. The smallest absolute Gasteiger partial charge is 0.306 e. The number of likely N-dealkylation sites (tertiary alicyclic amines) is 1. The first-order valence-corrected chi connectivity index (χ1v) is 6.80. The molecule has 1 fully saturated rings. The van der Waals surface area contributed by atoms with E-state index in [1.165, 1.54) is 0 Å². The van der Waals surface area contributed by atoms with Gasteiger partial charge in [0, 0.05) is 6.54 Å². The predicted molar refractivity (Wildman–Crippen MR) is 73.5 cm³/mol. The second kappa shape index (κ2) is 6.57. The Balaban J connectivity index is 1.70. The van der Waals surface area contributed by atoms with Gasteiger partial charge in [-0.3, -0.25) is 9.69 Å². The van der Waals surface area contributed by atoms with E-state index in [2.05, 4.69) is 4.90 Å². The Morgan fingerprint density at radius 3 is 2.68 bits per heavy atom.